The fraction of sp³-hybridized carbons (Fsp3) is 0.421. The van der Waals surface area contributed by atoms with Gasteiger partial charge in [-0.3, -0.25) is 14.2 Å². The van der Waals surface area contributed by atoms with Crippen LogP contribution >= 0.6 is 7.37 Å². The van der Waals surface area contributed by atoms with E-state index in [2.05, 4.69) is 16.0 Å². The molecule has 11 nitrogen and oxygen atoms in total. The fourth-order valence-corrected chi connectivity index (χ4v) is 6.86. The Morgan fingerprint density at radius 3 is 1.80 bits per heavy atom. The first kappa shape index (κ1) is 40.0. The Morgan fingerprint density at radius 2 is 1.26 bits per heavy atom. The predicted molar refractivity (Wildman–Crippen MR) is 192 cm³/mol. The summed E-state index contributed by atoms with van der Waals surface area (Å²) in [5.74, 6) is -1.66. The molecule has 50 heavy (non-hydrogen) atoms. The number of hydrogen-bond donors (Lipinski definition) is 3. The normalized spacial score (nSPS) is 13.4. The van der Waals surface area contributed by atoms with Gasteiger partial charge in [0.05, 0.1) is 12.9 Å². The van der Waals surface area contributed by atoms with Crippen molar-refractivity contribution in [2.45, 2.75) is 84.8 Å². The molecule has 0 spiro atoms. The summed E-state index contributed by atoms with van der Waals surface area (Å²) in [6.45, 7) is 5.97. The molecule has 3 N–H and O–H groups in total. The van der Waals surface area contributed by atoms with Crippen LogP contribution in [0.25, 0.3) is 0 Å². The smallest absolute Gasteiger partial charge is 0.408 e. The van der Waals surface area contributed by atoms with Crippen molar-refractivity contribution in [1.29, 1.82) is 0 Å². The third kappa shape index (κ3) is 15.4. The first-order chi connectivity index (χ1) is 24.1. The number of hydrogen-bond acceptors (Lipinski definition) is 8. The van der Waals surface area contributed by atoms with Crippen LogP contribution in [-0.2, 0) is 52.8 Å². The van der Waals surface area contributed by atoms with E-state index in [4.69, 9.17) is 14.0 Å². The van der Waals surface area contributed by atoms with Crippen molar-refractivity contribution in [3.8, 4) is 0 Å². The molecule has 0 radical (unpaired) electrons. The van der Waals surface area contributed by atoms with E-state index in [0.717, 1.165) is 23.1 Å². The number of carbonyl (C=O) groups excluding carboxylic acids is 4. The minimum atomic E-state index is -3.22. The van der Waals surface area contributed by atoms with Gasteiger partial charge >= 0.3 is 12.1 Å². The molecule has 1 unspecified atom stereocenters. The molecule has 0 aliphatic rings. The van der Waals surface area contributed by atoms with Crippen LogP contribution in [0, 0.1) is 5.92 Å². The molecule has 0 saturated carbocycles. The van der Waals surface area contributed by atoms with Gasteiger partial charge in [-0.05, 0) is 41.9 Å². The molecule has 12 heteroatoms. The standard InChI is InChI=1S/C38H50N3O8P/c1-4-5-23-50(46,49-27-32-19-13-8-14-20-32)28-39-36(43)34(24-29(2)3)40-35(42)22-21-33(37(44)47-25-30-15-9-6-10-16-30)41-38(45)48-26-31-17-11-7-12-18-31/h6-20,29,33-34H,4-5,21-28H2,1-3H3,(H,39,43)(H,40,42)(H,41,45)/t33-,34-,50?/m0/s1. The van der Waals surface area contributed by atoms with Crippen LogP contribution in [0.2, 0.25) is 0 Å². The van der Waals surface area contributed by atoms with Crippen LogP contribution in [0.1, 0.15) is 69.6 Å². The summed E-state index contributed by atoms with van der Waals surface area (Å²) in [5, 5.41) is 8.04. The van der Waals surface area contributed by atoms with Crippen molar-refractivity contribution in [3.63, 3.8) is 0 Å². The molecular formula is C38H50N3O8P. The number of ether oxygens (including phenoxy) is 2. The fourth-order valence-electron chi connectivity index (χ4n) is 4.91. The van der Waals surface area contributed by atoms with Gasteiger partial charge < -0.3 is 29.9 Å². The lowest BCUT2D eigenvalue weighted by molar-refractivity contribution is -0.147. The maximum absolute atomic E-state index is 13.7. The summed E-state index contributed by atoms with van der Waals surface area (Å²) in [5.41, 5.74) is 2.40. The molecule has 0 aliphatic carbocycles. The van der Waals surface area contributed by atoms with Gasteiger partial charge in [0.2, 0.25) is 19.2 Å². The van der Waals surface area contributed by atoms with E-state index in [-0.39, 0.29) is 44.9 Å². The Kier molecular flexibility index (Phi) is 17.2. The zero-order chi connectivity index (χ0) is 36.2. The lowest BCUT2D eigenvalue weighted by Crippen LogP contribution is -2.48. The minimum Gasteiger partial charge on any atom is -0.459 e. The number of alkyl carbamates (subject to hydrolysis) is 1. The monoisotopic (exact) mass is 707 g/mol. The maximum atomic E-state index is 13.7. The summed E-state index contributed by atoms with van der Waals surface area (Å²) < 4.78 is 30.3. The van der Waals surface area contributed by atoms with Gasteiger partial charge in [-0.1, -0.05) is 118 Å². The van der Waals surface area contributed by atoms with Crippen LogP contribution < -0.4 is 16.0 Å². The summed E-state index contributed by atoms with van der Waals surface area (Å²) in [7, 11) is -3.22. The molecule has 270 valence electrons. The highest BCUT2D eigenvalue weighted by molar-refractivity contribution is 7.58. The second-order valence-electron chi connectivity index (χ2n) is 12.5. The Balaban J connectivity index is 1.61. The second-order valence-corrected chi connectivity index (χ2v) is 15.1. The van der Waals surface area contributed by atoms with Gasteiger partial charge in [0.15, 0.2) is 0 Å². The highest BCUT2D eigenvalue weighted by Gasteiger charge is 2.29. The van der Waals surface area contributed by atoms with Gasteiger partial charge in [0.25, 0.3) is 0 Å². The summed E-state index contributed by atoms with van der Waals surface area (Å²) in [6.07, 6.45) is 0.851. The lowest BCUT2D eigenvalue weighted by atomic mass is 10.0. The van der Waals surface area contributed by atoms with E-state index in [0.29, 0.717) is 19.0 Å². The van der Waals surface area contributed by atoms with Crippen molar-refractivity contribution < 1.29 is 37.7 Å². The zero-order valence-corrected chi connectivity index (χ0v) is 30.1. The Bertz CT molecular complexity index is 1520. The number of esters is 1. The molecule has 0 bridgehead atoms. The van der Waals surface area contributed by atoms with Gasteiger partial charge in [-0.25, -0.2) is 9.59 Å². The SMILES string of the molecule is CCCCP(=O)(CNC(=O)[C@H](CC(C)C)NC(=O)CC[C@H](NC(=O)OCc1ccccc1)C(=O)OCc1ccccc1)OCc1ccccc1. The molecule has 3 aromatic rings. The number of amides is 3. The molecule has 3 atom stereocenters. The Hall–Kier alpha value is -4.47. The first-order valence-electron chi connectivity index (χ1n) is 17.1. The molecule has 3 amide bonds. The van der Waals surface area contributed by atoms with Crippen LogP contribution in [0.15, 0.2) is 91.0 Å². The Labute approximate surface area is 295 Å². The second kappa shape index (κ2) is 21.6. The summed E-state index contributed by atoms with van der Waals surface area (Å²) in [6, 6.07) is 25.5. The molecule has 0 heterocycles. The van der Waals surface area contributed by atoms with Gasteiger partial charge in [-0.15, -0.1) is 0 Å². The number of carbonyl (C=O) groups is 4. The van der Waals surface area contributed by atoms with Crippen molar-refractivity contribution >= 4 is 31.2 Å². The summed E-state index contributed by atoms with van der Waals surface area (Å²) in [4.78, 5) is 52.3. The van der Waals surface area contributed by atoms with Crippen molar-refractivity contribution in [2.75, 3.05) is 12.4 Å². The molecule has 0 aliphatic heterocycles. The summed E-state index contributed by atoms with van der Waals surface area (Å²) >= 11 is 0. The molecule has 3 aromatic carbocycles. The van der Waals surface area contributed by atoms with Gasteiger partial charge in [0.1, 0.15) is 25.3 Å². The lowest BCUT2D eigenvalue weighted by Gasteiger charge is -2.24. The van der Waals surface area contributed by atoms with Crippen LogP contribution in [0.4, 0.5) is 4.79 Å². The maximum Gasteiger partial charge on any atom is 0.408 e. The number of rotatable bonds is 21. The van der Waals surface area contributed by atoms with Crippen LogP contribution in [0.3, 0.4) is 0 Å². The first-order valence-corrected chi connectivity index (χ1v) is 19.1. The number of unbranched alkanes of at least 4 members (excludes halogenated alkanes) is 1. The van der Waals surface area contributed by atoms with E-state index in [1.165, 1.54) is 0 Å². The van der Waals surface area contributed by atoms with Crippen molar-refractivity contribution in [1.82, 2.24) is 16.0 Å². The molecule has 0 saturated heterocycles. The third-order valence-corrected chi connectivity index (χ3v) is 9.93. The molecule has 0 aromatic heterocycles. The van der Waals surface area contributed by atoms with Crippen LogP contribution in [-0.4, -0.2) is 48.4 Å². The quantitative estimate of drug-likeness (QED) is 0.0818. The number of benzene rings is 3. The van der Waals surface area contributed by atoms with E-state index in [1.54, 1.807) is 24.3 Å². The topological polar surface area (TPSA) is 149 Å². The van der Waals surface area contributed by atoms with E-state index >= 15 is 0 Å². The molecule has 3 rings (SSSR count). The minimum absolute atomic E-state index is 0.00634. The highest BCUT2D eigenvalue weighted by atomic mass is 31.2. The van der Waals surface area contributed by atoms with E-state index < -0.39 is 43.3 Å². The zero-order valence-electron chi connectivity index (χ0n) is 29.2. The third-order valence-electron chi connectivity index (χ3n) is 7.69. The molecule has 0 fully saturated rings. The van der Waals surface area contributed by atoms with Crippen LogP contribution in [0.5, 0.6) is 0 Å². The van der Waals surface area contributed by atoms with E-state index in [1.807, 2.05) is 87.5 Å². The average Bonchev–Trinajstić information content (AvgIpc) is 3.13. The van der Waals surface area contributed by atoms with E-state index in [9.17, 15) is 23.7 Å². The van der Waals surface area contributed by atoms with Crippen molar-refractivity contribution in [3.05, 3.63) is 108 Å². The predicted octanol–water partition coefficient (Wildman–Crippen LogP) is 6.70. The van der Waals surface area contributed by atoms with Crippen molar-refractivity contribution in [2.24, 2.45) is 5.92 Å². The van der Waals surface area contributed by atoms with Gasteiger partial charge in [-0.2, -0.15) is 0 Å². The largest absolute Gasteiger partial charge is 0.459 e. The molecular weight excluding hydrogens is 657 g/mol. The Morgan fingerprint density at radius 1 is 0.720 bits per heavy atom. The highest BCUT2D eigenvalue weighted by Crippen LogP contribution is 2.47. The average molecular weight is 708 g/mol. The van der Waals surface area contributed by atoms with Gasteiger partial charge in [0, 0.05) is 12.6 Å². The number of nitrogens with one attached hydrogen (secondary N) is 3.